The smallest absolute Gasteiger partial charge is 0.238 e. The standard InChI is InChI=1S/C11H12F2N2O3S/c12-8-4-7(19(14,17)18)5-9(13)11(8)15-10(16)3-6-1-2-6/h4-6H,1-3H2,(H,15,16)(H2,14,17,18). The summed E-state index contributed by atoms with van der Waals surface area (Å²) in [5.41, 5.74) is -0.655. The van der Waals surface area contributed by atoms with Crippen molar-refractivity contribution in [3.8, 4) is 0 Å². The van der Waals surface area contributed by atoms with Gasteiger partial charge in [-0.05, 0) is 30.9 Å². The molecule has 8 heteroatoms. The molecule has 104 valence electrons. The summed E-state index contributed by atoms with van der Waals surface area (Å²) in [5.74, 6) is -2.57. The third kappa shape index (κ3) is 3.48. The molecular weight excluding hydrogens is 278 g/mol. The van der Waals surface area contributed by atoms with Crippen molar-refractivity contribution in [2.75, 3.05) is 5.32 Å². The molecule has 0 radical (unpaired) electrons. The summed E-state index contributed by atoms with van der Waals surface area (Å²) in [6.07, 6.45) is 2.07. The number of carbonyl (C=O) groups excluding carboxylic acids is 1. The molecule has 1 aromatic rings. The highest BCUT2D eigenvalue weighted by atomic mass is 32.2. The van der Waals surface area contributed by atoms with Crippen LogP contribution in [0.4, 0.5) is 14.5 Å². The van der Waals surface area contributed by atoms with Crippen molar-refractivity contribution in [2.24, 2.45) is 11.1 Å². The summed E-state index contributed by atoms with van der Waals surface area (Å²) in [6.45, 7) is 0. The van der Waals surface area contributed by atoms with Gasteiger partial charge in [-0.15, -0.1) is 0 Å². The van der Waals surface area contributed by atoms with Crippen LogP contribution in [0.2, 0.25) is 0 Å². The number of nitrogens with one attached hydrogen (secondary N) is 1. The van der Waals surface area contributed by atoms with Gasteiger partial charge in [-0.2, -0.15) is 0 Å². The minimum absolute atomic E-state index is 0.204. The number of hydrogen-bond acceptors (Lipinski definition) is 3. The average molecular weight is 290 g/mol. The first-order valence-corrected chi connectivity index (χ1v) is 7.13. The highest BCUT2D eigenvalue weighted by Crippen LogP contribution is 2.33. The van der Waals surface area contributed by atoms with E-state index in [4.69, 9.17) is 5.14 Å². The Kier molecular flexibility index (Phi) is 3.55. The number of carbonyl (C=O) groups is 1. The van der Waals surface area contributed by atoms with Gasteiger partial charge in [-0.3, -0.25) is 4.79 Å². The quantitative estimate of drug-likeness (QED) is 0.877. The van der Waals surface area contributed by atoms with E-state index in [-0.39, 0.29) is 12.3 Å². The number of nitrogens with two attached hydrogens (primary N) is 1. The van der Waals surface area contributed by atoms with Crippen LogP contribution in [0.25, 0.3) is 0 Å². The summed E-state index contributed by atoms with van der Waals surface area (Å²) in [7, 11) is -4.19. The van der Waals surface area contributed by atoms with E-state index in [1.54, 1.807) is 0 Å². The second-order valence-corrected chi connectivity index (χ2v) is 6.06. The molecule has 3 N–H and O–H groups in total. The molecule has 0 unspecified atom stereocenters. The molecule has 0 saturated heterocycles. The van der Waals surface area contributed by atoms with E-state index in [0.29, 0.717) is 12.1 Å². The summed E-state index contributed by atoms with van der Waals surface area (Å²) in [6, 6.07) is 1.15. The lowest BCUT2D eigenvalue weighted by Crippen LogP contribution is -2.17. The molecular formula is C11H12F2N2O3S. The summed E-state index contributed by atoms with van der Waals surface area (Å²) in [4.78, 5) is 10.8. The maximum atomic E-state index is 13.6. The van der Waals surface area contributed by atoms with Gasteiger partial charge in [0.25, 0.3) is 0 Å². The molecule has 1 saturated carbocycles. The second kappa shape index (κ2) is 4.86. The first-order chi connectivity index (χ1) is 8.77. The number of rotatable bonds is 4. The topological polar surface area (TPSA) is 89.3 Å². The Balaban J connectivity index is 2.23. The fourth-order valence-corrected chi connectivity index (χ4v) is 2.14. The zero-order chi connectivity index (χ0) is 14.2. The van der Waals surface area contributed by atoms with Crippen LogP contribution in [-0.2, 0) is 14.8 Å². The van der Waals surface area contributed by atoms with Crippen LogP contribution in [0.3, 0.4) is 0 Å². The van der Waals surface area contributed by atoms with Crippen LogP contribution in [0.5, 0.6) is 0 Å². The lowest BCUT2D eigenvalue weighted by molar-refractivity contribution is -0.116. The molecule has 1 fully saturated rings. The van der Waals surface area contributed by atoms with Gasteiger partial charge in [0, 0.05) is 6.42 Å². The highest BCUT2D eigenvalue weighted by molar-refractivity contribution is 7.89. The Morgan fingerprint density at radius 3 is 2.26 bits per heavy atom. The third-order valence-electron chi connectivity index (χ3n) is 2.78. The Morgan fingerprint density at radius 2 is 1.84 bits per heavy atom. The molecule has 0 atom stereocenters. The molecule has 1 aliphatic carbocycles. The molecule has 19 heavy (non-hydrogen) atoms. The van der Waals surface area contributed by atoms with Crippen LogP contribution in [0, 0.1) is 17.6 Å². The number of primary sulfonamides is 1. The summed E-state index contributed by atoms with van der Waals surface area (Å²) < 4.78 is 49.1. The van der Waals surface area contributed by atoms with Crippen LogP contribution in [-0.4, -0.2) is 14.3 Å². The average Bonchev–Trinajstić information content (AvgIpc) is 3.05. The number of anilines is 1. The fraction of sp³-hybridized carbons (Fsp3) is 0.364. The van der Waals surface area contributed by atoms with Crippen molar-refractivity contribution >= 4 is 21.6 Å². The lowest BCUT2D eigenvalue weighted by atomic mass is 10.2. The molecule has 0 aliphatic heterocycles. The zero-order valence-corrected chi connectivity index (χ0v) is 10.6. The van der Waals surface area contributed by atoms with E-state index in [1.807, 2.05) is 0 Å². The van der Waals surface area contributed by atoms with E-state index in [2.05, 4.69) is 5.32 Å². The van der Waals surface area contributed by atoms with Gasteiger partial charge in [0.2, 0.25) is 15.9 Å². The first-order valence-electron chi connectivity index (χ1n) is 5.59. The SMILES string of the molecule is NS(=O)(=O)c1cc(F)c(NC(=O)CC2CC2)c(F)c1. The van der Waals surface area contributed by atoms with Gasteiger partial charge < -0.3 is 5.32 Å². The van der Waals surface area contributed by atoms with Crippen LogP contribution in [0.1, 0.15) is 19.3 Å². The maximum absolute atomic E-state index is 13.6. The Morgan fingerprint density at radius 1 is 1.32 bits per heavy atom. The number of sulfonamides is 1. The minimum Gasteiger partial charge on any atom is -0.321 e. The second-order valence-electron chi connectivity index (χ2n) is 4.50. The van der Waals surface area contributed by atoms with Gasteiger partial charge >= 0.3 is 0 Å². The monoisotopic (exact) mass is 290 g/mol. The largest absolute Gasteiger partial charge is 0.321 e. The molecule has 1 amide bonds. The first kappa shape index (κ1) is 13.9. The number of halogens is 2. The van der Waals surface area contributed by atoms with Crippen molar-refractivity contribution in [3.63, 3.8) is 0 Å². The van der Waals surface area contributed by atoms with E-state index < -0.39 is 38.1 Å². The van der Waals surface area contributed by atoms with Gasteiger partial charge in [-0.25, -0.2) is 22.3 Å². The van der Waals surface area contributed by atoms with Gasteiger partial charge in [0.05, 0.1) is 4.90 Å². The van der Waals surface area contributed by atoms with Gasteiger partial charge in [-0.1, -0.05) is 0 Å². The van der Waals surface area contributed by atoms with Crippen molar-refractivity contribution in [1.82, 2.24) is 0 Å². The number of benzene rings is 1. The normalized spacial score (nSPS) is 15.3. The number of hydrogen-bond donors (Lipinski definition) is 2. The molecule has 5 nitrogen and oxygen atoms in total. The predicted octanol–water partition coefficient (Wildman–Crippen LogP) is 1.35. The Hall–Kier alpha value is -1.54. The van der Waals surface area contributed by atoms with Gasteiger partial charge in [0.15, 0.2) is 11.6 Å². The molecule has 0 aromatic heterocycles. The van der Waals surface area contributed by atoms with E-state index in [1.165, 1.54) is 0 Å². The fourth-order valence-electron chi connectivity index (χ4n) is 1.61. The molecule has 0 heterocycles. The predicted molar refractivity (Wildman–Crippen MR) is 63.7 cm³/mol. The van der Waals surface area contributed by atoms with Crippen LogP contribution in [0.15, 0.2) is 17.0 Å². The van der Waals surface area contributed by atoms with E-state index >= 15 is 0 Å². The molecule has 1 aliphatic rings. The minimum atomic E-state index is -4.19. The summed E-state index contributed by atoms with van der Waals surface area (Å²) >= 11 is 0. The third-order valence-corrected chi connectivity index (χ3v) is 3.67. The van der Waals surface area contributed by atoms with E-state index in [0.717, 1.165) is 12.8 Å². The molecule has 0 spiro atoms. The zero-order valence-electron chi connectivity index (χ0n) is 9.82. The Bertz CT molecular complexity index is 604. The van der Waals surface area contributed by atoms with Crippen LogP contribution >= 0.6 is 0 Å². The van der Waals surface area contributed by atoms with Crippen molar-refractivity contribution in [3.05, 3.63) is 23.8 Å². The van der Waals surface area contributed by atoms with E-state index in [9.17, 15) is 22.0 Å². The molecule has 2 rings (SSSR count). The summed E-state index contributed by atoms with van der Waals surface area (Å²) in [5, 5.41) is 6.88. The van der Waals surface area contributed by atoms with Crippen molar-refractivity contribution in [1.29, 1.82) is 0 Å². The van der Waals surface area contributed by atoms with Crippen molar-refractivity contribution < 1.29 is 22.0 Å². The Labute approximate surface area is 108 Å². The number of amides is 1. The van der Waals surface area contributed by atoms with Crippen molar-refractivity contribution in [2.45, 2.75) is 24.2 Å². The maximum Gasteiger partial charge on any atom is 0.238 e. The molecule has 1 aromatic carbocycles. The highest BCUT2D eigenvalue weighted by Gasteiger charge is 2.25. The van der Waals surface area contributed by atoms with Crippen LogP contribution < -0.4 is 10.5 Å². The van der Waals surface area contributed by atoms with Gasteiger partial charge in [0.1, 0.15) is 5.69 Å². The lowest BCUT2D eigenvalue weighted by Gasteiger charge is -2.08. The molecule has 0 bridgehead atoms.